The summed E-state index contributed by atoms with van der Waals surface area (Å²) in [5, 5.41) is 4.90. The molecule has 0 saturated carbocycles. The van der Waals surface area contributed by atoms with Crippen LogP contribution in [0.25, 0.3) is 10.9 Å². The molecule has 18 heavy (non-hydrogen) atoms. The number of aryl methyl sites for hydroxylation is 1. The van der Waals surface area contributed by atoms with Gasteiger partial charge in [0.05, 0.1) is 26.0 Å². The van der Waals surface area contributed by atoms with E-state index < -0.39 is 0 Å². The monoisotopic (exact) mass is 249 g/mol. The Bertz CT molecular complexity index is 611. The van der Waals surface area contributed by atoms with Gasteiger partial charge in [-0.25, -0.2) is 4.79 Å². The van der Waals surface area contributed by atoms with Crippen LogP contribution in [0.1, 0.15) is 5.76 Å². The van der Waals surface area contributed by atoms with Gasteiger partial charge in [-0.15, -0.1) is 0 Å². The van der Waals surface area contributed by atoms with E-state index >= 15 is 0 Å². The van der Waals surface area contributed by atoms with Crippen LogP contribution < -0.4 is 5.63 Å². The summed E-state index contributed by atoms with van der Waals surface area (Å²) in [6.45, 7) is 3.85. The van der Waals surface area contributed by atoms with Gasteiger partial charge in [0.2, 0.25) is 0 Å². The Morgan fingerprint density at radius 1 is 1.39 bits per heavy atom. The second-order valence-corrected chi connectivity index (χ2v) is 4.46. The molecule has 0 bridgehead atoms. The average molecular weight is 249 g/mol. The molecule has 6 nitrogen and oxygen atoms in total. The van der Waals surface area contributed by atoms with Crippen LogP contribution >= 0.6 is 0 Å². The molecule has 2 aromatic rings. The lowest BCUT2D eigenvalue weighted by Gasteiger charge is -2.25. The van der Waals surface area contributed by atoms with Crippen molar-refractivity contribution in [2.75, 3.05) is 26.3 Å². The fourth-order valence-corrected chi connectivity index (χ4v) is 2.24. The van der Waals surface area contributed by atoms with E-state index in [1.54, 1.807) is 17.9 Å². The quantitative estimate of drug-likeness (QED) is 0.769. The van der Waals surface area contributed by atoms with E-state index in [1.807, 2.05) is 6.07 Å². The van der Waals surface area contributed by atoms with Crippen LogP contribution in [-0.2, 0) is 18.3 Å². The predicted octanol–water partition coefficient (Wildman–Crippen LogP) is 0.359. The van der Waals surface area contributed by atoms with Crippen LogP contribution in [0, 0.1) is 0 Å². The summed E-state index contributed by atoms with van der Waals surface area (Å²) in [6.07, 6.45) is 1.69. The van der Waals surface area contributed by atoms with Gasteiger partial charge < -0.3 is 9.15 Å². The average Bonchev–Trinajstić information content (AvgIpc) is 2.72. The van der Waals surface area contributed by atoms with Crippen LogP contribution in [0.2, 0.25) is 0 Å². The van der Waals surface area contributed by atoms with Crippen molar-refractivity contribution in [1.29, 1.82) is 0 Å². The second kappa shape index (κ2) is 4.55. The van der Waals surface area contributed by atoms with E-state index in [2.05, 4.69) is 10.00 Å². The fourth-order valence-electron chi connectivity index (χ4n) is 2.24. The normalized spacial score (nSPS) is 17.4. The zero-order valence-electron chi connectivity index (χ0n) is 10.3. The minimum Gasteiger partial charge on any atom is -0.425 e. The minimum atomic E-state index is -0.323. The molecule has 1 fully saturated rings. The Kier molecular flexibility index (Phi) is 2.89. The first kappa shape index (κ1) is 11.4. The third-order valence-electron chi connectivity index (χ3n) is 3.18. The molecule has 0 aliphatic carbocycles. The van der Waals surface area contributed by atoms with Crippen LogP contribution in [0.15, 0.2) is 21.5 Å². The third-order valence-corrected chi connectivity index (χ3v) is 3.18. The maximum atomic E-state index is 11.9. The van der Waals surface area contributed by atoms with Crippen molar-refractivity contribution < 1.29 is 9.15 Å². The summed E-state index contributed by atoms with van der Waals surface area (Å²) >= 11 is 0. The lowest BCUT2D eigenvalue weighted by molar-refractivity contribution is 0.0310. The molecular formula is C12H15N3O3. The highest BCUT2D eigenvalue weighted by molar-refractivity contribution is 5.77. The number of aromatic nitrogens is 2. The van der Waals surface area contributed by atoms with Crippen LogP contribution in [0.3, 0.4) is 0 Å². The number of fused-ring (bicyclic) bond motifs is 1. The van der Waals surface area contributed by atoms with Crippen LogP contribution in [0.4, 0.5) is 0 Å². The van der Waals surface area contributed by atoms with E-state index in [-0.39, 0.29) is 5.63 Å². The standard InChI is InChI=1S/C12H15N3O3/c1-14-11-9(7-13-14)6-10(18-12(11)16)8-15-2-4-17-5-3-15/h6-7H,2-5,8H2,1H3. The number of morpholine rings is 1. The summed E-state index contributed by atoms with van der Waals surface area (Å²) in [6, 6.07) is 1.89. The molecule has 3 heterocycles. The van der Waals surface area contributed by atoms with Crippen molar-refractivity contribution in [3.63, 3.8) is 0 Å². The summed E-state index contributed by atoms with van der Waals surface area (Å²) in [5.74, 6) is 0.683. The third kappa shape index (κ3) is 2.04. The Morgan fingerprint density at radius 2 is 2.17 bits per heavy atom. The van der Waals surface area contributed by atoms with Crippen molar-refractivity contribution in [2.45, 2.75) is 6.54 Å². The van der Waals surface area contributed by atoms with E-state index in [0.29, 0.717) is 17.8 Å². The van der Waals surface area contributed by atoms with E-state index in [0.717, 1.165) is 31.7 Å². The summed E-state index contributed by atoms with van der Waals surface area (Å²) in [5.41, 5.74) is 0.191. The highest BCUT2D eigenvalue weighted by Gasteiger charge is 2.14. The summed E-state index contributed by atoms with van der Waals surface area (Å²) in [4.78, 5) is 14.1. The van der Waals surface area contributed by atoms with Gasteiger partial charge >= 0.3 is 5.63 Å². The molecule has 0 spiro atoms. The Balaban J connectivity index is 1.90. The summed E-state index contributed by atoms with van der Waals surface area (Å²) < 4.78 is 12.2. The number of ether oxygens (including phenoxy) is 1. The molecule has 1 aliphatic rings. The second-order valence-electron chi connectivity index (χ2n) is 4.46. The first-order valence-electron chi connectivity index (χ1n) is 5.99. The van der Waals surface area contributed by atoms with Gasteiger partial charge in [-0.1, -0.05) is 0 Å². The van der Waals surface area contributed by atoms with Gasteiger partial charge in [0.15, 0.2) is 5.52 Å². The predicted molar refractivity (Wildman–Crippen MR) is 65.3 cm³/mol. The molecule has 96 valence electrons. The number of rotatable bonds is 2. The largest absolute Gasteiger partial charge is 0.425 e. The highest BCUT2D eigenvalue weighted by Crippen LogP contribution is 2.13. The van der Waals surface area contributed by atoms with Crippen LogP contribution in [-0.4, -0.2) is 41.0 Å². The lowest BCUT2D eigenvalue weighted by atomic mass is 10.2. The first-order chi connectivity index (χ1) is 8.74. The van der Waals surface area contributed by atoms with Crippen molar-refractivity contribution in [3.05, 3.63) is 28.4 Å². The number of nitrogens with zero attached hydrogens (tertiary/aromatic N) is 3. The van der Waals surface area contributed by atoms with E-state index in [1.165, 1.54) is 0 Å². The van der Waals surface area contributed by atoms with E-state index in [9.17, 15) is 4.79 Å². The topological polar surface area (TPSA) is 60.5 Å². The van der Waals surface area contributed by atoms with Crippen molar-refractivity contribution in [1.82, 2.24) is 14.7 Å². The lowest BCUT2D eigenvalue weighted by Crippen LogP contribution is -2.35. The zero-order chi connectivity index (χ0) is 12.5. The van der Waals surface area contributed by atoms with Gasteiger partial charge in [0.25, 0.3) is 0 Å². The maximum absolute atomic E-state index is 11.9. The maximum Gasteiger partial charge on any atom is 0.362 e. The SMILES string of the molecule is Cn1ncc2cc(CN3CCOCC3)oc(=O)c21. The molecule has 0 radical (unpaired) electrons. The Hall–Kier alpha value is -1.66. The first-order valence-corrected chi connectivity index (χ1v) is 5.99. The molecule has 0 amide bonds. The molecule has 0 N–H and O–H groups in total. The molecular weight excluding hydrogens is 234 g/mol. The molecule has 3 rings (SSSR count). The molecule has 0 unspecified atom stereocenters. The van der Waals surface area contributed by atoms with Gasteiger partial charge in [0.1, 0.15) is 5.76 Å². The van der Waals surface area contributed by atoms with Crippen LogP contribution in [0.5, 0.6) is 0 Å². The molecule has 0 atom stereocenters. The summed E-state index contributed by atoms with van der Waals surface area (Å²) in [7, 11) is 1.74. The number of hydrogen-bond acceptors (Lipinski definition) is 5. The highest BCUT2D eigenvalue weighted by atomic mass is 16.5. The van der Waals surface area contributed by atoms with Crippen molar-refractivity contribution >= 4 is 10.9 Å². The van der Waals surface area contributed by atoms with Gasteiger partial charge in [-0.2, -0.15) is 5.10 Å². The Morgan fingerprint density at radius 3 is 2.94 bits per heavy atom. The molecule has 2 aromatic heterocycles. The molecule has 1 saturated heterocycles. The van der Waals surface area contributed by atoms with Gasteiger partial charge in [-0.05, 0) is 6.07 Å². The Labute approximate surface area is 104 Å². The van der Waals surface area contributed by atoms with Crippen molar-refractivity contribution in [3.8, 4) is 0 Å². The van der Waals surface area contributed by atoms with Gasteiger partial charge in [0, 0.05) is 25.5 Å². The zero-order valence-corrected chi connectivity index (χ0v) is 10.3. The molecule has 1 aliphatic heterocycles. The van der Waals surface area contributed by atoms with Gasteiger partial charge in [-0.3, -0.25) is 9.58 Å². The minimum absolute atomic E-state index is 0.323. The van der Waals surface area contributed by atoms with Crippen molar-refractivity contribution in [2.24, 2.45) is 7.05 Å². The molecule has 6 heteroatoms. The molecule has 0 aromatic carbocycles. The van der Waals surface area contributed by atoms with E-state index in [4.69, 9.17) is 9.15 Å². The fraction of sp³-hybridized carbons (Fsp3) is 0.500. The smallest absolute Gasteiger partial charge is 0.362 e. The number of hydrogen-bond donors (Lipinski definition) is 0.